The summed E-state index contributed by atoms with van der Waals surface area (Å²) in [5.41, 5.74) is 0. The van der Waals surface area contributed by atoms with E-state index in [0.717, 1.165) is 10.9 Å². The molecule has 1 heteroatoms. The largest absolute Gasteiger partial charge is 0.108 e. The fourth-order valence-electron chi connectivity index (χ4n) is 1.00. The van der Waals surface area contributed by atoms with Crippen molar-refractivity contribution in [2.45, 2.75) is 19.8 Å². The molecule has 1 aliphatic heterocycles. The van der Waals surface area contributed by atoms with Gasteiger partial charge in [0, 0.05) is 0 Å². The van der Waals surface area contributed by atoms with E-state index in [1.807, 2.05) is 0 Å². The van der Waals surface area contributed by atoms with Crippen LogP contribution in [-0.2, 0) is 10.9 Å². The van der Waals surface area contributed by atoms with Gasteiger partial charge >= 0.3 is 0 Å². The van der Waals surface area contributed by atoms with Crippen molar-refractivity contribution >= 4 is 10.9 Å². The minimum absolute atomic E-state index is 0.866. The van der Waals surface area contributed by atoms with E-state index in [-0.39, 0.29) is 0 Å². The third kappa shape index (κ3) is 1.37. The van der Waals surface area contributed by atoms with Crippen molar-refractivity contribution in [1.82, 2.24) is 0 Å². The molecule has 0 amide bonds. The highest BCUT2D eigenvalue weighted by atomic mass is 32.2. The summed E-state index contributed by atoms with van der Waals surface area (Å²) in [6.07, 6.45) is 3.02. The topological polar surface area (TPSA) is 0 Å². The molecule has 0 atom stereocenters. The third-order valence-electron chi connectivity index (χ3n) is 1.52. The van der Waals surface area contributed by atoms with E-state index in [9.17, 15) is 0 Å². The summed E-state index contributed by atoms with van der Waals surface area (Å²) in [6.45, 7) is 2.31. The molecule has 0 unspecified atom stereocenters. The Balaban J connectivity index is 2.14. The molecular formula is C6H13S+. The maximum Gasteiger partial charge on any atom is 0.108 e. The molecular weight excluding hydrogens is 104 g/mol. The summed E-state index contributed by atoms with van der Waals surface area (Å²) >= 11 is 0. The first-order chi connectivity index (χ1) is 3.43. The van der Waals surface area contributed by atoms with Crippen molar-refractivity contribution in [3.05, 3.63) is 0 Å². The normalized spacial score (nSPS) is 23.6. The molecule has 0 aromatic carbocycles. The molecule has 0 bridgehead atoms. The molecule has 0 nitrogen and oxygen atoms in total. The molecule has 0 aliphatic carbocycles. The maximum absolute atomic E-state index is 2.31. The fourth-order valence-corrected chi connectivity index (χ4v) is 3.01. The lowest BCUT2D eigenvalue weighted by atomic mass is 10.4. The van der Waals surface area contributed by atoms with E-state index in [0.29, 0.717) is 0 Å². The van der Waals surface area contributed by atoms with Crippen molar-refractivity contribution < 1.29 is 0 Å². The number of rotatable bonds is 1. The van der Waals surface area contributed by atoms with Crippen LogP contribution in [0.15, 0.2) is 0 Å². The van der Waals surface area contributed by atoms with Gasteiger partial charge < -0.3 is 0 Å². The monoisotopic (exact) mass is 117 g/mol. The quantitative estimate of drug-likeness (QED) is 0.456. The average molecular weight is 117 g/mol. The molecule has 1 saturated heterocycles. The van der Waals surface area contributed by atoms with E-state index >= 15 is 0 Å². The molecule has 0 saturated carbocycles. The summed E-state index contributed by atoms with van der Waals surface area (Å²) in [5, 5.41) is 0. The van der Waals surface area contributed by atoms with Gasteiger partial charge in [-0.2, -0.15) is 0 Å². The van der Waals surface area contributed by atoms with E-state index in [2.05, 4.69) is 6.92 Å². The van der Waals surface area contributed by atoms with Crippen molar-refractivity contribution in [2.24, 2.45) is 0 Å². The van der Waals surface area contributed by atoms with Crippen LogP contribution in [0.2, 0.25) is 0 Å². The lowest BCUT2D eigenvalue weighted by Gasteiger charge is -1.90. The second kappa shape index (κ2) is 2.61. The molecule has 1 heterocycles. The van der Waals surface area contributed by atoms with Crippen LogP contribution in [0.25, 0.3) is 0 Å². The van der Waals surface area contributed by atoms with Crippen molar-refractivity contribution in [3.63, 3.8) is 0 Å². The first-order valence-electron chi connectivity index (χ1n) is 3.07. The minimum atomic E-state index is 0.866. The minimum Gasteiger partial charge on any atom is -0.0198 e. The van der Waals surface area contributed by atoms with Crippen LogP contribution in [0, 0.1) is 0 Å². The second-order valence-electron chi connectivity index (χ2n) is 2.02. The fraction of sp³-hybridized carbons (Fsp3) is 1.00. The Morgan fingerprint density at radius 1 is 1.29 bits per heavy atom. The summed E-state index contributed by atoms with van der Waals surface area (Å²) in [4.78, 5) is 0. The molecule has 0 N–H and O–H groups in total. The van der Waals surface area contributed by atoms with Crippen LogP contribution in [0.3, 0.4) is 0 Å². The van der Waals surface area contributed by atoms with Crippen molar-refractivity contribution in [1.29, 1.82) is 0 Å². The smallest absolute Gasteiger partial charge is 0.0198 e. The van der Waals surface area contributed by atoms with Crippen LogP contribution in [0.4, 0.5) is 0 Å². The molecule has 0 aromatic rings. The second-order valence-corrected chi connectivity index (χ2v) is 4.63. The van der Waals surface area contributed by atoms with Gasteiger partial charge in [-0.3, -0.25) is 0 Å². The van der Waals surface area contributed by atoms with Gasteiger partial charge in [-0.15, -0.1) is 0 Å². The highest BCUT2D eigenvalue weighted by Crippen LogP contribution is 2.11. The molecule has 0 radical (unpaired) electrons. The average Bonchev–Trinajstić information content (AvgIpc) is 2.14. The zero-order valence-corrected chi connectivity index (χ0v) is 5.76. The molecule has 0 aromatic heterocycles. The van der Waals surface area contributed by atoms with E-state index in [4.69, 9.17) is 0 Å². The molecule has 1 rings (SSSR count). The summed E-state index contributed by atoms with van der Waals surface area (Å²) < 4.78 is 0. The molecule has 7 heavy (non-hydrogen) atoms. The Hall–Kier alpha value is 0.350. The van der Waals surface area contributed by atoms with Gasteiger partial charge in [-0.25, -0.2) is 0 Å². The zero-order chi connectivity index (χ0) is 5.11. The molecule has 1 fully saturated rings. The maximum atomic E-state index is 2.31. The van der Waals surface area contributed by atoms with Gasteiger partial charge in [0.25, 0.3) is 0 Å². The zero-order valence-electron chi connectivity index (χ0n) is 4.94. The van der Waals surface area contributed by atoms with Gasteiger partial charge in [0.05, 0.1) is 0 Å². The Morgan fingerprint density at radius 3 is 2.14 bits per heavy atom. The van der Waals surface area contributed by atoms with Gasteiger partial charge in [-0.05, 0) is 30.7 Å². The number of hydrogen-bond acceptors (Lipinski definition) is 0. The SMILES string of the molecule is CC[S+]1CCCC1. The van der Waals surface area contributed by atoms with Crippen LogP contribution >= 0.6 is 0 Å². The van der Waals surface area contributed by atoms with Gasteiger partial charge in [-0.1, -0.05) is 0 Å². The first kappa shape index (κ1) is 5.49. The van der Waals surface area contributed by atoms with Gasteiger partial charge in [0.2, 0.25) is 0 Å². The Kier molecular flexibility index (Phi) is 2.04. The third-order valence-corrected chi connectivity index (χ3v) is 4.07. The van der Waals surface area contributed by atoms with Crippen LogP contribution in [-0.4, -0.2) is 17.3 Å². The lowest BCUT2D eigenvalue weighted by molar-refractivity contribution is 0.949. The number of hydrogen-bond donors (Lipinski definition) is 0. The molecule has 42 valence electrons. The predicted molar refractivity (Wildman–Crippen MR) is 36.9 cm³/mol. The van der Waals surface area contributed by atoms with Crippen molar-refractivity contribution in [2.75, 3.05) is 17.3 Å². The summed E-state index contributed by atoms with van der Waals surface area (Å²) in [6, 6.07) is 0. The van der Waals surface area contributed by atoms with Crippen LogP contribution in [0.5, 0.6) is 0 Å². The van der Waals surface area contributed by atoms with E-state index in [1.54, 1.807) is 0 Å². The predicted octanol–water partition coefficient (Wildman–Crippen LogP) is 1.42. The van der Waals surface area contributed by atoms with Gasteiger partial charge in [0.1, 0.15) is 17.3 Å². The Bertz CT molecular complexity index is 46.1. The lowest BCUT2D eigenvalue weighted by Crippen LogP contribution is -2.04. The van der Waals surface area contributed by atoms with E-state index in [1.165, 1.54) is 30.1 Å². The molecule has 0 spiro atoms. The Labute approximate surface area is 48.6 Å². The van der Waals surface area contributed by atoms with Crippen LogP contribution in [0.1, 0.15) is 19.8 Å². The Morgan fingerprint density at radius 2 is 1.86 bits per heavy atom. The van der Waals surface area contributed by atoms with Crippen molar-refractivity contribution in [3.8, 4) is 0 Å². The summed E-state index contributed by atoms with van der Waals surface area (Å²) in [5.74, 6) is 4.52. The molecule has 1 aliphatic rings. The van der Waals surface area contributed by atoms with E-state index < -0.39 is 0 Å². The van der Waals surface area contributed by atoms with Gasteiger partial charge in [0.15, 0.2) is 0 Å². The summed E-state index contributed by atoms with van der Waals surface area (Å²) in [7, 11) is 0.866. The van der Waals surface area contributed by atoms with Crippen LogP contribution < -0.4 is 0 Å². The highest BCUT2D eigenvalue weighted by molar-refractivity contribution is 7.97. The first-order valence-corrected chi connectivity index (χ1v) is 4.81. The highest BCUT2D eigenvalue weighted by Gasteiger charge is 2.20. The standard InChI is InChI=1S/C6H13S/c1-2-7-5-3-4-6-7/h2-6H2,1H3/q+1.